The van der Waals surface area contributed by atoms with Crippen molar-refractivity contribution < 1.29 is 14.6 Å². The van der Waals surface area contributed by atoms with Crippen molar-refractivity contribution in [1.82, 2.24) is 4.90 Å². The lowest BCUT2D eigenvalue weighted by Crippen LogP contribution is -2.61. The SMILES string of the molecule is COc1ccc(OC)c(C23CCCC([C@H]2O)N(C)CC3)c1. The third-order valence-corrected chi connectivity index (χ3v) is 5.47. The minimum Gasteiger partial charge on any atom is -0.497 e. The predicted octanol–water partition coefficient (Wildman–Crippen LogP) is 2.19. The Labute approximate surface area is 126 Å². The van der Waals surface area contributed by atoms with E-state index in [1.807, 2.05) is 12.1 Å². The molecule has 1 aliphatic carbocycles. The largest absolute Gasteiger partial charge is 0.497 e. The Morgan fingerprint density at radius 1 is 1.24 bits per heavy atom. The number of aliphatic hydroxyl groups excluding tert-OH is 1. The van der Waals surface area contributed by atoms with Crippen LogP contribution in [0.15, 0.2) is 18.2 Å². The van der Waals surface area contributed by atoms with Gasteiger partial charge >= 0.3 is 0 Å². The zero-order valence-electron chi connectivity index (χ0n) is 13.1. The molecule has 1 aromatic carbocycles. The Morgan fingerprint density at radius 2 is 2.05 bits per heavy atom. The maximum atomic E-state index is 11.0. The molecule has 1 heterocycles. The molecule has 4 heteroatoms. The number of aliphatic hydroxyl groups is 1. The highest BCUT2D eigenvalue weighted by molar-refractivity contribution is 5.47. The first kappa shape index (κ1) is 14.7. The van der Waals surface area contributed by atoms with Crippen molar-refractivity contribution in [2.45, 2.75) is 43.2 Å². The van der Waals surface area contributed by atoms with Crippen LogP contribution in [-0.4, -0.2) is 50.0 Å². The van der Waals surface area contributed by atoms with E-state index in [-0.39, 0.29) is 17.6 Å². The van der Waals surface area contributed by atoms with Gasteiger partial charge in [-0.3, -0.25) is 0 Å². The fourth-order valence-corrected chi connectivity index (χ4v) is 4.21. The van der Waals surface area contributed by atoms with Gasteiger partial charge in [0, 0.05) is 17.0 Å². The van der Waals surface area contributed by atoms with Gasteiger partial charge in [0.25, 0.3) is 0 Å². The molecule has 0 spiro atoms. The molecule has 1 aliphatic heterocycles. The Balaban J connectivity index is 2.08. The molecule has 4 nitrogen and oxygen atoms in total. The maximum Gasteiger partial charge on any atom is 0.122 e. The Kier molecular flexibility index (Phi) is 3.84. The first-order chi connectivity index (χ1) is 10.1. The predicted molar refractivity (Wildman–Crippen MR) is 82.1 cm³/mol. The van der Waals surface area contributed by atoms with Crippen LogP contribution in [0.1, 0.15) is 31.2 Å². The number of nitrogens with zero attached hydrogens (tertiary/aromatic N) is 1. The number of hydrogen-bond acceptors (Lipinski definition) is 4. The molecule has 3 rings (SSSR count). The normalized spacial score (nSPS) is 32.8. The Hall–Kier alpha value is -1.26. The number of fused-ring (bicyclic) bond motifs is 2. The topological polar surface area (TPSA) is 41.9 Å². The lowest BCUT2D eigenvalue weighted by molar-refractivity contribution is -0.0680. The lowest BCUT2D eigenvalue weighted by Gasteiger charge is -2.53. The van der Waals surface area contributed by atoms with Gasteiger partial charge in [0.05, 0.1) is 20.3 Å². The molecule has 2 fully saturated rings. The number of likely N-dealkylation sites (tertiary alicyclic amines) is 1. The zero-order valence-corrected chi connectivity index (χ0v) is 13.1. The van der Waals surface area contributed by atoms with Crippen molar-refractivity contribution >= 4 is 0 Å². The van der Waals surface area contributed by atoms with E-state index < -0.39 is 0 Å². The summed E-state index contributed by atoms with van der Waals surface area (Å²) in [5.41, 5.74) is 0.907. The summed E-state index contributed by atoms with van der Waals surface area (Å²) in [6.45, 7) is 1.02. The van der Waals surface area contributed by atoms with Gasteiger partial charge in [-0.1, -0.05) is 6.42 Å². The number of hydrogen-bond donors (Lipinski definition) is 1. The number of benzene rings is 1. The molecular formula is C17H25NO3. The van der Waals surface area contributed by atoms with Crippen LogP contribution >= 0.6 is 0 Å². The van der Waals surface area contributed by atoms with Gasteiger partial charge < -0.3 is 19.5 Å². The minimum atomic E-state index is -0.342. The molecule has 2 bridgehead atoms. The van der Waals surface area contributed by atoms with Crippen LogP contribution in [0.4, 0.5) is 0 Å². The van der Waals surface area contributed by atoms with Crippen molar-refractivity contribution in [3.63, 3.8) is 0 Å². The summed E-state index contributed by atoms with van der Waals surface area (Å²) in [5, 5.41) is 11.0. The maximum absolute atomic E-state index is 11.0. The average Bonchev–Trinajstić information content (AvgIpc) is 2.51. The van der Waals surface area contributed by atoms with E-state index in [0.717, 1.165) is 49.3 Å². The number of piperidine rings is 1. The Bertz CT molecular complexity index is 519. The zero-order chi connectivity index (χ0) is 15.0. The Morgan fingerprint density at radius 3 is 2.76 bits per heavy atom. The van der Waals surface area contributed by atoms with E-state index in [2.05, 4.69) is 18.0 Å². The second-order valence-corrected chi connectivity index (χ2v) is 6.36. The summed E-state index contributed by atoms with van der Waals surface area (Å²) in [6, 6.07) is 6.18. The van der Waals surface area contributed by atoms with Crippen molar-refractivity contribution in [3.8, 4) is 11.5 Å². The molecule has 0 amide bonds. The standard InChI is InChI=1S/C17H25NO3/c1-18-10-9-17(8-4-5-14(18)16(17)19)13-11-12(20-2)6-7-15(13)21-3/h6-7,11,14,16,19H,4-5,8-10H2,1-3H3/t14?,16-,17?/m1/s1. The fraction of sp³-hybridized carbons (Fsp3) is 0.647. The van der Waals surface area contributed by atoms with Gasteiger partial charge in [0.1, 0.15) is 11.5 Å². The molecule has 1 saturated carbocycles. The van der Waals surface area contributed by atoms with Gasteiger partial charge in [-0.15, -0.1) is 0 Å². The first-order valence-corrected chi connectivity index (χ1v) is 7.73. The van der Waals surface area contributed by atoms with E-state index in [1.165, 1.54) is 0 Å². The molecule has 1 N–H and O–H groups in total. The van der Waals surface area contributed by atoms with Crippen molar-refractivity contribution in [3.05, 3.63) is 23.8 Å². The molecule has 1 saturated heterocycles. The number of rotatable bonds is 3. The quantitative estimate of drug-likeness (QED) is 0.927. The fourth-order valence-electron chi connectivity index (χ4n) is 4.21. The summed E-state index contributed by atoms with van der Waals surface area (Å²) in [5.74, 6) is 1.69. The van der Waals surface area contributed by atoms with Crippen molar-refractivity contribution in [2.75, 3.05) is 27.8 Å². The minimum absolute atomic E-state index is 0.199. The highest BCUT2D eigenvalue weighted by atomic mass is 16.5. The molecule has 116 valence electrons. The van der Waals surface area contributed by atoms with E-state index >= 15 is 0 Å². The van der Waals surface area contributed by atoms with Gasteiger partial charge in [0.2, 0.25) is 0 Å². The number of methoxy groups -OCH3 is 2. The smallest absolute Gasteiger partial charge is 0.122 e. The third kappa shape index (κ3) is 2.21. The highest BCUT2D eigenvalue weighted by Crippen LogP contribution is 2.50. The lowest BCUT2D eigenvalue weighted by atomic mass is 9.61. The van der Waals surface area contributed by atoms with Crippen molar-refractivity contribution in [2.24, 2.45) is 0 Å². The number of ether oxygens (including phenoxy) is 2. The van der Waals surface area contributed by atoms with E-state index in [4.69, 9.17) is 9.47 Å². The molecule has 21 heavy (non-hydrogen) atoms. The summed E-state index contributed by atoms with van der Waals surface area (Å²) in [7, 11) is 5.49. The molecule has 0 radical (unpaired) electrons. The van der Waals surface area contributed by atoms with E-state index in [0.29, 0.717) is 0 Å². The summed E-state index contributed by atoms with van der Waals surface area (Å²) >= 11 is 0. The number of likely N-dealkylation sites (N-methyl/N-ethyl adjacent to an activating group) is 1. The monoisotopic (exact) mass is 291 g/mol. The van der Waals surface area contributed by atoms with E-state index in [1.54, 1.807) is 14.2 Å². The van der Waals surface area contributed by atoms with Gasteiger partial charge in [-0.05, 0) is 51.1 Å². The second kappa shape index (κ2) is 5.50. The van der Waals surface area contributed by atoms with Crippen LogP contribution in [0.25, 0.3) is 0 Å². The van der Waals surface area contributed by atoms with Crippen molar-refractivity contribution in [1.29, 1.82) is 0 Å². The van der Waals surface area contributed by atoms with Crippen LogP contribution in [0.3, 0.4) is 0 Å². The van der Waals surface area contributed by atoms with Crippen LogP contribution in [0, 0.1) is 0 Å². The molecular weight excluding hydrogens is 266 g/mol. The second-order valence-electron chi connectivity index (χ2n) is 6.36. The molecule has 0 aromatic heterocycles. The van der Waals surface area contributed by atoms with Crippen LogP contribution in [0.2, 0.25) is 0 Å². The van der Waals surface area contributed by atoms with Crippen LogP contribution < -0.4 is 9.47 Å². The summed E-state index contributed by atoms with van der Waals surface area (Å²) < 4.78 is 11.0. The van der Waals surface area contributed by atoms with Crippen LogP contribution in [-0.2, 0) is 5.41 Å². The third-order valence-electron chi connectivity index (χ3n) is 5.47. The van der Waals surface area contributed by atoms with Gasteiger partial charge in [-0.25, -0.2) is 0 Å². The highest BCUT2D eigenvalue weighted by Gasteiger charge is 2.51. The van der Waals surface area contributed by atoms with Gasteiger partial charge in [0.15, 0.2) is 0 Å². The van der Waals surface area contributed by atoms with Crippen LogP contribution in [0.5, 0.6) is 11.5 Å². The first-order valence-electron chi connectivity index (χ1n) is 7.73. The summed E-state index contributed by atoms with van der Waals surface area (Å²) in [4.78, 5) is 2.30. The summed E-state index contributed by atoms with van der Waals surface area (Å²) in [6.07, 6.45) is 3.86. The molecule has 3 atom stereocenters. The average molecular weight is 291 g/mol. The van der Waals surface area contributed by atoms with Gasteiger partial charge in [-0.2, -0.15) is 0 Å². The molecule has 1 aromatic rings. The molecule has 2 unspecified atom stereocenters. The van der Waals surface area contributed by atoms with E-state index in [9.17, 15) is 5.11 Å². The molecule has 2 aliphatic rings.